The fourth-order valence-electron chi connectivity index (χ4n) is 4.50. The summed E-state index contributed by atoms with van der Waals surface area (Å²) in [6, 6.07) is 13.5. The Hall–Kier alpha value is -3.10. The van der Waals surface area contributed by atoms with Crippen LogP contribution in [0.25, 0.3) is 10.9 Å². The summed E-state index contributed by atoms with van der Waals surface area (Å²) in [5, 5.41) is 5.27. The Kier molecular flexibility index (Phi) is 5.06. The number of methoxy groups -OCH3 is 1. The number of aromatic amines is 1. The van der Waals surface area contributed by atoms with Gasteiger partial charge < -0.3 is 9.72 Å². The molecule has 1 atom stereocenters. The average molecular weight is 451 g/mol. The summed E-state index contributed by atoms with van der Waals surface area (Å²) in [5.41, 5.74) is 5.09. The molecule has 0 bridgehead atoms. The van der Waals surface area contributed by atoms with Gasteiger partial charge in [0.05, 0.1) is 19.3 Å². The Balaban J connectivity index is 1.69. The minimum Gasteiger partial charge on any atom is -0.497 e. The summed E-state index contributed by atoms with van der Waals surface area (Å²) in [6.45, 7) is 4.96. The van der Waals surface area contributed by atoms with Crippen molar-refractivity contribution in [3.8, 4) is 5.75 Å². The number of nitrogens with zero attached hydrogens (tertiary/aromatic N) is 3. The Morgan fingerprint density at radius 3 is 2.66 bits per heavy atom. The van der Waals surface area contributed by atoms with Gasteiger partial charge in [0.15, 0.2) is 0 Å². The quantitative estimate of drug-likeness (QED) is 0.498. The van der Waals surface area contributed by atoms with Crippen molar-refractivity contribution in [2.75, 3.05) is 13.7 Å². The number of rotatable bonds is 5. The van der Waals surface area contributed by atoms with Gasteiger partial charge in [0, 0.05) is 35.9 Å². The van der Waals surface area contributed by atoms with Crippen molar-refractivity contribution in [2.45, 2.75) is 37.8 Å². The van der Waals surface area contributed by atoms with Gasteiger partial charge in [-0.15, -0.1) is 0 Å². The molecule has 0 radical (unpaired) electrons. The van der Waals surface area contributed by atoms with Gasteiger partial charge in [-0.2, -0.15) is 9.40 Å². The maximum atomic E-state index is 13.7. The lowest BCUT2D eigenvalue weighted by molar-refractivity contribution is 0.340. The highest BCUT2D eigenvalue weighted by molar-refractivity contribution is 7.89. The van der Waals surface area contributed by atoms with E-state index in [1.807, 2.05) is 56.3 Å². The monoisotopic (exact) mass is 450 g/mol. The molecule has 3 heterocycles. The first-order valence-corrected chi connectivity index (χ1v) is 12.2. The molecule has 2 aromatic carbocycles. The first-order chi connectivity index (χ1) is 15.4. The average Bonchev–Trinajstić information content (AvgIpc) is 3.44. The largest absolute Gasteiger partial charge is 0.497 e. The van der Waals surface area contributed by atoms with E-state index < -0.39 is 16.1 Å². The van der Waals surface area contributed by atoms with Crippen LogP contribution in [0.3, 0.4) is 0 Å². The van der Waals surface area contributed by atoms with Crippen molar-refractivity contribution < 1.29 is 13.2 Å². The Morgan fingerprint density at radius 2 is 1.97 bits per heavy atom. The van der Waals surface area contributed by atoms with Crippen molar-refractivity contribution in [1.82, 2.24) is 19.1 Å². The number of hydrogen-bond donors (Lipinski definition) is 1. The first kappa shape index (κ1) is 20.8. The number of fused-ring (bicyclic) bond motifs is 3. The molecule has 1 aliphatic heterocycles. The minimum atomic E-state index is -3.75. The molecular formula is C24H26N4O3S. The first-order valence-electron chi connectivity index (χ1n) is 10.7. The van der Waals surface area contributed by atoms with Gasteiger partial charge in [-0.1, -0.05) is 29.8 Å². The molecule has 5 rings (SSSR count). The number of aryl methyl sites for hydroxylation is 2. The fraction of sp³-hybridized carbons (Fsp3) is 0.292. The van der Waals surface area contributed by atoms with Crippen LogP contribution < -0.4 is 4.74 Å². The normalized spacial score (nSPS) is 16.9. The number of nitrogens with one attached hydrogen (secondary N) is 1. The van der Waals surface area contributed by atoms with Crippen molar-refractivity contribution in [3.63, 3.8) is 0 Å². The molecular weight excluding hydrogens is 424 g/mol. The highest BCUT2D eigenvalue weighted by atomic mass is 32.2. The second kappa shape index (κ2) is 7.79. The number of hydrogen-bond acceptors (Lipinski definition) is 4. The molecule has 4 aromatic rings. The molecule has 8 heteroatoms. The summed E-state index contributed by atoms with van der Waals surface area (Å²) in [7, 11) is -2.09. The standard InChI is InChI=1S/C24H26N4O3S/c1-4-27-15-19(14-25-27)32(29,30)28-12-11-20-21-13-18(31-3)9-10-22(21)26-23(20)24(28)17-7-5-16(2)6-8-17/h5-10,13-15,24,26H,4,11-12H2,1-3H3. The summed E-state index contributed by atoms with van der Waals surface area (Å²) >= 11 is 0. The van der Waals surface area contributed by atoms with E-state index in [0.717, 1.165) is 39.0 Å². The molecule has 0 aliphatic carbocycles. The van der Waals surface area contributed by atoms with Crippen LogP contribution in [0.1, 0.15) is 35.3 Å². The lowest BCUT2D eigenvalue weighted by Crippen LogP contribution is -2.40. The predicted molar refractivity (Wildman–Crippen MR) is 123 cm³/mol. The zero-order valence-electron chi connectivity index (χ0n) is 18.4. The number of H-pyrrole nitrogens is 1. The molecule has 7 nitrogen and oxygen atoms in total. The lowest BCUT2D eigenvalue weighted by atomic mass is 9.94. The van der Waals surface area contributed by atoms with Crippen LogP contribution in [0.15, 0.2) is 59.8 Å². The molecule has 32 heavy (non-hydrogen) atoms. The summed E-state index contributed by atoms with van der Waals surface area (Å²) in [5.74, 6) is 0.785. The van der Waals surface area contributed by atoms with Gasteiger partial charge in [0.2, 0.25) is 10.0 Å². The van der Waals surface area contributed by atoms with Crippen LogP contribution in [0.2, 0.25) is 0 Å². The third-order valence-electron chi connectivity index (χ3n) is 6.22. The van der Waals surface area contributed by atoms with Crippen molar-refractivity contribution >= 4 is 20.9 Å². The zero-order chi connectivity index (χ0) is 22.5. The number of benzene rings is 2. The smallest absolute Gasteiger partial charge is 0.247 e. The van der Waals surface area contributed by atoms with E-state index in [1.165, 1.54) is 6.20 Å². The summed E-state index contributed by atoms with van der Waals surface area (Å²) < 4.78 is 36.1. The fourth-order valence-corrected chi connectivity index (χ4v) is 6.04. The molecule has 1 aliphatic rings. The van der Waals surface area contributed by atoms with Gasteiger partial charge in [0.25, 0.3) is 0 Å². The summed E-state index contributed by atoms with van der Waals surface area (Å²) in [6.07, 6.45) is 3.66. The van der Waals surface area contributed by atoms with E-state index in [9.17, 15) is 8.42 Å². The summed E-state index contributed by atoms with van der Waals surface area (Å²) in [4.78, 5) is 3.74. The zero-order valence-corrected chi connectivity index (χ0v) is 19.2. The van der Waals surface area contributed by atoms with E-state index in [0.29, 0.717) is 19.5 Å². The third-order valence-corrected chi connectivity index (χ3v) is 8.04. The molecule has 1 unspecified atom stereocenters. The van der Waals surface area contributed by atoms with Crippen molar-refractivity contribution in [2.24, 2.45) is 0 Å². The van der Waals surface area contributed by atoms with E-state index in [1.54, 1.807) is 22.3 Å². The van der Waals surface area contributed by atoms with Gasteiger partial charge in [-0.25, -0.2) is 8.42 Å². The Morgan fingerprint density at radius 1 is 1.19 bits per heavy atom. The Bertz CT molecular complexity index is 1390. The molecule has 1 N–H and O–H groups in total. The maximum absolute atomic E-state index is 13.7. The van der Waals surface area contributed by atoms with Crippen LogP contribution in [0, 0.1) is 6.92 Å². The molecule has 0 fully saturated rings. The van der Waals surface area contributed by atoms with E-state index in [2.05, 4.69) is 10.1 Å². The van der Waals surface area contributed by atoms with Crippen LogP contribution in [-0.2, 0) is 23.0 Å². The van der Waals surface area contributed by atoms with Crippen LogP contribution in [0.5, 0.6) is 5.75 Å². The number of ether oxygens (including phenoxy) is 1. The maximum Gasteiger partial charge on any atom is 0.247 e. The van der Waals surface area contributed by atoms with Crippen LogP contribution in [-0.4, -0.2) is 41.1 Å². The predicted octanol–water partition coefficient (Wildman–Crippen LogP) is 4.04. The van der Waals surface area contributed by atoms with Gasteiger partial charge in [-0.3, -0.25) is 4.68 Å². The van der Waals surface area contributed by atoms with E-state index in [-0.39, 0.29) is 4.90 Å². The van der Waals surface area contributed by atoms with Crippen LogP contribution in [0.4, 0.5) is 0 Å². The van der Waals surface area contributed by atoms with Gasteiger partial charge >= 0.3 is 0 Å². The molecule has 166 valence electrons. The SMILES string of the molecule is CCn1cc(S(=O)(=O)N2CCc3c([nH]c4ccc(OC)cc34)C2c2ccc(C)cc2)cn1. The molecule has 2 aromatic heterocycles. The molecule has 0 amide bonds. The Labute approximate surface area is 187 Å². The van der Waals surface area contributed by atoms with Gasteiger partial charge in [0.1, 0.15) is 10.6 Å². The number of sulfonamides is 1. The molecule has 0 saturated carbocycles. The second-order valence-electron chi connectivity index (χ2n) is 8.14. The van der Waals surface area contributed by atoms with Crippen molar-refractivity contribution in [1.29, 1.82) is 0 Å². The third kappa shape index (κ3) is 3.30. The highest BCUT2D eigenvalue weighted by Crippen LogP contribution is 2.41. The van der Waals surface area contributed by atoms with E-state index >= 15 is 0 Å². The molecule has 0 spiro atoms. The van der Waals surface area contributed by atoms with Crippen LogP contribution >= 0.6 is 0 Å². The topological polar surface area (TPSA) is 80.2 Å². The van der Waals surface area contributed by atoms with Crippen molar-refractivity contribution in [3.05, 3.63) is 77.2 Å². The molecule has 0 saturated heterocycles. The lowest BCUT2D eigenvalue weighted by Gasteiger charge is -2.35. The number of aromatic nitrogens is 3. The highest BCUT2D eigenvalue weighted by Gasteiger charge is 2.39. The second-order valence-corrected chi connectivity index (χ2v) is 10.0. The minimum absolute atomic E-state index is 0.220. The van der Waals surface area contributed by atoms with E-state index in [4.69, 9.17) is 4.74 Å². The van der Waals surface area contributed by atoms with Gasteiger partial charge in [-0.05, 0) is 49.6 Å².